The van der Waals surface area contributed by atoms with Crippen LogP contribution in [-0.4, -0.2) is 34.9 Å². The zero-order valence-corrected chi connectivity index (χ0v) is 14.1. The smallest absolute Gasteiger partial charge is 0.378 e. The van der Waals surface area contributed by atoms with E-state index in [9.17, 15) is 9.59 Å². The maximum Gasteiger partial charge on any atom is 0.378 e. The third-order valence-electron chi connectivity index (χ3n) is 3.51. The fraction of sp³-hybridized carbons (Fsp3) is 0.200. The molecule has 4 aromatic heterocycles. The number of esters is 1. The van der Waals surface area contributed by atoms with E-state index in [0.717, 1.165) is 11.4 Å². The van der Waals surface area contributed by atoms with Crippen LogP contribution in [0, 0.1) is 13.8 Å². The molecule has 0 atom stereocenters. The molecule has 4 rings (SSSR count). The molecule has 0 bridgehead atoms. The van der Waals surface area contributed by atoms with Gasteiger partial charge in [0.05, 0.1) is 5.69 Å². The van der Waals surface area contributed by atoms with E-state index in [1.165, 1.54) is 26.3 Å². The SMILES string of the molecule is Cc1cc(C)n2nc(C(=O)OCc3cc(=O)n4ccsc4n3)nc2n1. The van der Waals surface area contributed by atoms with Gasteiger partial charge in [0.2, 0.25) is 0 Å². The number of hydrogen-bond donors (Lipinski definition) is 0. The first kappa shape index (κ1) is 15.4. The molecule has 0 fully saturated rings. The number of fused-ring (bicyclic) bond motifs is 2. The molecule has 0 aromatic carbocycles. The maximum atomic E-state index is 12.2. The molecule has 4 aromatic rings. The summed E-state index contributed by atoms with van der Waals surface area (Å²) in [5.74, 6) is -0.452. The highest BCUT2D eigenvalue weighted by Crippen LogP contribution is 2.09. The Bertz CT molecular complexity index is 1180. The Morgan fingerprint density at radius 2 is 2.08 bits per heavy atom. The van der Waals surface area contributed by atoms with Crippen LogP contribution in [0.4, 0.5) is 0 Å². The summed E-state index contributed by atoms with van der Waals surface area (Å²) in [6.45, 7) is 3.55. The zero-order chi connectivity index (χ0) is 17.6. The van der Waals surface area contributed by atoms with Crippen LogP contribution >= 0.6 is 11.3 Å². The molecule has 0 saturated heterocycles. The first-order valence-electron chi connectivity index (χ1n) is 7.35. The molecule has 10 heteroatoms. The number of rotatable bonds is 3. The first-order valence-corrected chi connectivity index (χ1v) is 8.23. The summed E-state index contributed by atoms with van der Waals surface area (Å²) in [6.07, 6.45) is 1.64. The monoisotopic (exact) mass is 356 g/mol. The van der Waals surface area contributed by atoms with Crippen molar-refractivity contribution in [1.82, 2.24) is 29.0 Å². The van der Waals surface area contributed by atoms with Gasteiger partial charge >= 0.3 is 5.97 Å². The van der Waals surface area contributed by atoms with E-state index in [1.807, 2.05) is 19.9 Å². The maximum absolute atomic E-state index is 12.2. The molecule has 4 heterocycles. The summed E-state index contributed by atoms with van der Waals surface area (Å²) in [4.78, 5) is 37.2. The van der Waals surface area contributed by atoms with Crippen molar-refractivity contribution in [3.05, 3.63) is 57.0 Å². The van der Waals surface area contributed by atoms with Crippen molar-refractivity contribution >= 4 is 28.0 Å². The molecule has 0 aliphatic rings. The molecule has 0 spiro atoms. The Kier molecular flexibility index (Phi) is 3.53. The Morgan fingerprint density at radius 1 is 1.24 bits per heavy atom. The van der Waals surface area contributed by atoms with Gasteiger partial charge in [0.15, 0.2) is 4.96 Å². The van der Waals surface area contributed by atoms with Gasteiger partial charge < -0.3 is 4.74 Å². The molecule has 0 aliphatic heterocycles. The van der Waals surface area contributed by atoms with Gasteiger partial charge in [0, 0.05) is 29.0 Å². The van der Waals surface area contributed by atoms with Crippen LogP contribution in [0.15, 0.2) is 28.5 Å². The average Bonchev–Trinajstić information content (AvgIpc) is 3.19. The van der Waals surface area contributed by atoms with Crippen molar-refractivity contribution in [2.75, 3.05) is 0 Å². The largest absolute Gasteiger partial charge is 0.453 e. The second kappa shape index (κ2) is 5.74. The molecular formula is C15H12N6O3S. The molecule has 25 heavy (non-hydrogen) atoms. The highest BCUT2D eigenvalue weighted by Gasteiger charge is 2.17. The number of carbonyl (C=O) groups is 1. The van der Waals surface area contributed by atoms with Crippen LogP contribution in [-0.2, 0) is 11.3 Å². The third kappa shape index (κ3) is 2.76. The van der Waals surface area contributed by atoms with E-state index in [0.29, 0.717) is 16.4 Å². The average molecular weight is 356 g/mol. The number of ether oxygens (including phenoxy) is 1. The van der Waals surface area contributed by atoms with Gasteiger partial charge in [-0.1, -0.05) is 0 Å². The topological polar surface area (TPSA) is 104 Å². The number of thiazole rings is 1. The molecule has 0 radical (unpaired) electrons. The molecule has 0 unspecified atom stereocenters. The normalized spacial score (nSPS) is 11.3. The first-order chi connectivity index (χ1) is 12.0. The van der Waals surface area contributed by atoms with Crippen molar-refractivity contribution in [3.8, 4) is 0 Å². The van der Waals surface area contributed by atoms with E-state index in [2.05, 4.69) is 20.1 Å². The van der Waals surface area contributed by atoms with E-state index in [-0.39, 0.29) is 18.0 Å². The Morgan fingerprint density at radius 3 is 2.92 bits per heavy atom. The number of aryl methyl sites for hydroxylation is 2. The molecular weight excluding hydrogens is 344 g/mol. The minimum atomic E-state index is -0.698. The van der Waals surface area contributed by atoms with Crippen molar-refractivity contribution < 1.29 is 9.53 Å². The number of carbonyl (C=O) groups excluding carboxylic acids is 1. The van der Waals surface area contributed by atoms with Crippen LogP contribution in [0.1, 0.15) is 27.7 Å². The molecule has 0 saturated carbocycles. The van der Waals surface area contributed by atoms with Crippen molar-refractivity contribution in [1.29, 1.82) is 0 Å². The van der Waals surface area contributed by atoms with Gasteiger partial charge in [-0.2, -0.15) is 4.98 Å². The van der Waals surface area contributed by atoms with Crippen LogP contribution < -0.4 is 5.56 Å². The number of nitrogens with zero attached hydrogens (tertiary/aromatic N) is 6. The van der Waals surface area contributed by atoms with Gasteiger partial charge in [-0.3, -0.25) is 9.20 Å². The van der Waals surface area contributed by atoms with Crippen molar-refractivity contribution in [3.63, 3.8) is 0 Å². The minimum absolute atomic E-state index is 0.0878. The Hall–Kier alpha value is -3.14. The number of aromatic nitrogens is 6. The minimum Gasteiger partial charge on any atom is -0.453 e. The van der Waals surface area contributed by atoms with Crippen LogP contribution in [0.25, 0.3) is 10.7 Å². The van der Waals surface area contributed by atoms with Gasteiger partial charge in [-0.15, -0.1) is 16.4 Å². The number of hydrogen-bond acceptors (Lipinski definition) is 8. The van der Waals surface area contributed by atoms with E-state index >= 15 is 0 Å². The lowest BCUT2D eigenvalue weighted by Crippen LogP contribution is -2.15. The van der Waals surface area contributed by atoms with Gasteiger partial charge in [-0.05, 0) is 19.9 Å². The molecule has 0 amide bonds. The van der Waals surface area contributed by atoms with Crippen LogP contribution in [0.2, 0.25) is 0 Å². The van der Waals surface area contributed by atoms with Gasteiger partial charge in [0.1, 0.15) is 6.61 Å². The summed E-state index contributed by atoms with van der Waals surface area (Å²) in [6, 6.07) is 3.17. The van der Waals surface area contributed by atoms with Gasteiger partial charge in [-0.25, -0.2) is 19.3 Å². The predicted octanol–water partition coefficient (Wildman–Crippen LogP) is 1.17. The second-order valence-corrected chi connectivity index (χ2v) is 6.28. The summed E-state index contributed by atoms with van der Waals surface area (Å²) < 4.78 is 8.09. The lowest BCUT2D eigenvalue weighted by Gasteiger charge is -2.02. The second-order valence-electron chi connectivity index (χ2n) is 5.40. The summed E-state index contributed by atoms with van der Waals surface area (Å²) in [5, 5.41) is 5.87. The van der Waals surface area contributed by atoms with Crippen molar-refractivity contribution in [2.45, 2.75) is 20.5 Å². The quantitative estimate of drug-likeness (QED) is 0.507. The third-order valence-corrected chi connectivity index (χ3v) is 4.26. The Labute approximate surface area is 144 Å². The summed E-state index contributed by atoms with van der Waals surface area (Å²) >= 11 is 1.33. The highest BCUT2D eigenvalue weighted by atomic mass is 32.1. The lowest BCUT2D eigenvalue weighted by molar-refractivity contribution is 0.0453. The summed E-state index contributed by atoms with van der Waals surface area (Å²) in [7, 11) is 0. The van der Waals surface area contributed by atoms with E-state index in [1.54, 1.807) is 11.6 Å². The highest BCUT2D eigenvalue weighted by molar-refractivity contribution is 7.15. The van der Waals surface area contributed by atoms with Crippen molar-refractivity contribution in [2.24, 2.45) is 0 Å². The van der Waals surface area contributed by atoms with Gasteiger partial charge in [0.25, 0.3) is 17.2 Å². The fourth-order valence-electron chi connectivity index (χ4n) is 2.42. The fourth-order valence-corrected chi connectivity index (χ4v) is 3.16. The summed E-state index contributed by atoms with van der Waals surface area (Å²) in [5.41, 5.74) is 1.74. The van der Waals surface area contributed by atoms with E-state index in [4.69, 9.17) is 4.74 Å². The zero-order valence-electron chi connectivity index (χ0n) is 13.3. The molecule has 126 valence electrons. The molecule has 0 N–H and O–H groups in total. The molecule has 9 nitrogen and oxygen atoms in total. The predicted molar refractivity (Wildman–Crippen MR) is 88.7 cm³/mol. The Balaban J connectivity index is 1.57. The van der Waals surface area contributed by atoms with Crippen LogP contribution in [0.5, 0.6) is 0 Å². The standard InChI is InChI=1S/C15H12N6O3S/c1-8-5-9(2)21-14(16-8)18-12(19-21)13(23)24-7-10-6-11(22)20-3-4-25-15(20)17-10/h3-6H,7H2,1-2H3. The van der Waals surface area contributed by atoms with E-state index < -0.39 is 5.97 Å². The lowest BCUT2D eigenvalue weighted by atomic mass is 10.4. The van der Waals surface area contributed by atoms with Crippen LogP contribution in [0.3, 0.4) is 0 Å². The molecule has 0 aliphatic carbocycles.